The van der Waals surface area contributed by atoms with E-state index >= 15 is 0 Å². The number of hydrogen-bond acceptors (Lipinski definition) is 4. The van der Waals surface area contributed by atoms with Gasteiger partial charge in [0.2, 0.25) is 0 Å². The van der Waals surface area contributed by atoms with E-state index in [-0.39, 0.29) is 23.8 Å². The monoisotopic (exact) mass is 526 g/mol. The molecular formula is C31H38N6O2. The Balaban J connectivity index is 1.25. The van der Waals surface area contributed by atoms with Gasteiger partial charge in [-0.15, -0.1) is 0 Å². The highest BCUT2D eigenvalue weighted by molar-refractivity contribution is 5.76. The molecule has 8 heteroatoms. The summed E-state index contributed by atoms with van der Waals surface area (Å²) in [7, 11) is 1.93. The zero-order valence-electron chi connectivity index (χ0n) is 23.3. The van der Waals surface area contributed by atoms with Gasteiger partial charge < -0.3 is 19.9 Å². The predicted molar refractivity (Wildman–Crippen MR) is 152 cm³/mol. The second kappa shape index (κ2) is 10.2. The summed E-state index contributed by atoms with van der Waals surface area (Å²) < 4.78 is 7.81. The minimum Gasteiger partial charge on any atom is -0.369 e. The minimum atomic E-state index is -0.187. The van der Waals surface area contributed by atoms with Gasteiger partial charge in [-0.25, -0.2) is 9.79 Å². The fourth-order valence-electron chi connectivity index (χ4n) is 5.93. The summed E-state index contributed by atoms with van der Waals surface area (Å²) in [5, 5.41) is 8.78. The summed E-state index contributed by atoms with van der Waals surface area (Å²) in [5.74, 6) is 0. The Morgan fingerprint density at radius 1 is 1.15 bits per heavy atom. The van der Waals surface area contributed by atoms with Crippen LogP contribution < -0.4 is 16.0 Å². The lowest BCUT2D eigenvalue weighted by Crippen LogP contribution is -2.59. The van der Waals surface area contributed by atoms with Gasteiger partial charge >= 0.3 is 6.03 Å². The normalized spacial score (nSPS) is 19.4. The Labute approximate surface area is 229 Å². The lowest BCUT2D eigenvalue weighted by molar-refractivity contribution is -0.111. The number of nitrogens with one attached hydrogen (secondary N) is 2. The summed E-state index contributed by atoms with van der Waals surface area (Å²) in [5.41, 5.74) is 7.85. The van der Waals surface area contributed by atoms with E-state index in [9.17, 15) is 4.79 Å². The molecule has 1 fully saturated rings. The van der Waals surface area contributed by atoms with Crippen LogP contribution in [0.15, 0.2) is 53.9 Å². The number of benzene rings is 1. The van der Waals surface area contributed by atoms with Crippen molar-refractivity contribution < 1.29 is 9.53 Å². The number of H-pyrrole nitrogens is 1. The molecule has 4 heterocycles. The Morgan fingerprint density at radius 2 is 2.00 bits per heavy atom. The van der Waals surface area contributed by atoms with E-state index in [1.54, 1.807) is 0 Å². The first kappa shape index (κ1) is 25.6. The lowest BCUT2D eigenvalue weighted by atomic mass is 9.85. The van der Waals surface area contributed by atoms with Crippen molar-refractivity contribution in [2.45, 2.75) is 70.6 Å². The minimum absolute atomic E-state index is 0.00775. The predicted octanol–water partition coefficient (Wildman–Crippen LogP) is 4.13. The molecule has 0 spiro atoms. The summed E-state index contributed by atoms with van der Waals surface area (Å²) >= 11 is 0. The van der Waals surface area contributed by atoms with Crippen LogP contribution >= 0.6 is 0 Å². The van der Waals surface area contributed by atoms with Gasteiger partial charge in [-0.2, -0.15) is 5.10 Å². The van der Waals surface area contributed by atoms with Crippen LogP contribution in [0.4, 0.5) is 4.79 Å². The smallest absolute Gasteiger partial charge is 0.318 e. The summed E-state index contributed by atoms with van der Waals surface area (Å²) in [6.07, 6.45) is 13.0. The van der Waals surface area contributed by atoms with Gasteiger partial charge in [0, 0.05) is 30.2 Å². The molecule has 1 aliphatic carbocycles. The first-order valence-corrected chi connectivity index (χ1v) is 14.0. The van der Waals surface area contributed by atoms with Crippen LogP contribution in [0, 0.1) is 0 Å². The number of aromatic nitrogens is 3. The van der Waals surface area contributed by atoms with Crippen molar-refractivity contribution in [2.24, 2.45) is 12.0 Å². The Hall–Kier alpha value is -3.65. The molecule has 3 aromatic rings. The van der Waals surface area contributed by atoms with Gasteiger partial charge in [-0.1, -0.05) is 24.3 Å². The maximum Gasteiger partial charge on any atom is 0.318 e. The SMILES string of the molecule is Cn1cc(-c2cc3c([nH]2)=NC=CCCC=3c2ccc3c(c2)CCCC3NC(=O)N2CC(OC(C)(C)C)C2)cn1. The first-order valence-electron chi connectivity index (χ1n) is 14.0. The highest BCUT2D eigenvalue weighted by Crippen LogP contribution is 2.33. The van der Waals surface area contributed by atoms with E-state index in [4.69, 9.17) is 9.73 Å². The number of amides is 2. The van der Waals surface area contributed by atoms with Crippen molar-refractivity contribution in [3.8, 4) is 11.3 Å². The molecule has 3 aliphatic rings. The number of aromatic amines is 1. The van der Waals surface area contributed by atoms with Crippen molar-refractivity contribution in [3.05, 3.63) is 76.3 Å². The molecule has 2 amide bonds. The van der Waals surface area contributed by atoms with Gasteiger partial charge in [0.25, 0.3) is 0 Å². The van der Waals surface area contributed by atoms with Crippen LogP contribution in [0.2, 0.25) is 0 Å². The Morgan fingerprint density at radius 3 is 2.77 bits per heavy atom. The largest absolute Gasteiger partial charge is 0.369 e. The number of carbonyl (C=O) groups excluding carboxylic acids is 1. The van der Waals surface area contributed by atoms with Crippen LogP contribution in [-0.4, -0.2) is 50.5 Å². The van der Waals surface area contributed by atoms with Crippen LogP contribution in [0.3, 0.4) is 0 Å². The molecular weight excluding hydrogens is 488 g/mol. The third kappa shape index (κ3) is 5.43. The van der Waals surface area contributed by atoms with E-state index in [1.165, 1.54) is 22.3 Å². The molecule has 0 saturated carbocycles. The number of nitrogens with zero attached hydrogens (tertiary/aromatic N) is 4. The molecule has 204 valence electrons. The van der Waals surface area contributed by atoms with Crippen LogP contribution in [0.5, 0.6) is 0 Å². The average Bonchev–Trinajstić information content (AvgIpc) is 3.47. The van der Waals surface area contributed by atoms with Crippen LogP contribution in [-0.2, 0) is 18.2 Å². The molecule has 1 atom stereocenters. The van der Waals surface area contributed by atoms with E-state index < -0.39 is 0 Å². The third-order valence-corrected chi connectivity index (χ3v) is 7.77. The van der Waals surface area contributed by atoms with Gasteiger partial charge in [0.1, 0.15) is 5.49 Å². The standard InChI is InChI=1S/C31H38N6O2/c1-31(2,3)39-23-18-37(19-23)30(38)35-27-10-7-8-20-14-21(11-12-25(20)27)24-9-5-6-13-32-29-26(24)15-28(34-29)22-16-33-36(4)17-22/h6,11-17,23,27H,5,7-10,18-19H2,1-4H3,(H,32,34)(H,35,38). The second-order valence-electron chi connectivity index (χ2n) is 11.9. The number of rotatable bonds is 4. The van der Waals surface area contributed by atoms with Crippen LogP contribution in [0.25, 0.3) is 16.8 Å². The summed E-state index contributed by atoms with van der Waals surface area (Å²) in [4.78, 5) is 23.1. The van der Waals surface area contributed by atoms with E-state index in [0.29, 0.717) is 13.1 Å². The molecule has 6 rings (SSSR count). The topological polar surface area (TPSA) is 87.5 Å². The van der Waals surface area contributed by atoms with Crippen molar-refractivity contribution in [2.75, 3.05) is 13.1 Å². The van der Waals surface area contributed by atoms with E-state index in [1.807, 2.05) is 35.2 Å². The van der Waals surface area contributed by atoms with Crippen LogP contribution in [0.1, 0.15) is 69.2 Å². The highest BCUT2D eigenvalue weighted by Gasteiger charge is 2.35. The molecule has 0 bridgehead atoms. The van der Waals surface area contributed by atoms with Gasteiger partial charge in [-0.3, -0.25) is 4.68 Å². The summed E-state index contributed by atoms with van der Waals surface area (Å²) in [6, 6.07) is 9.04. The van der Waals surface area contributed by atoms with Gasteiger partial charge in [0.15, 0.2) is 0 Å². The average molecular weight is 527 g/mol. The molecule has 1 aromatic carbocycles. The molecule has 2 aliphatic heterocycles. The molecule has 1 unspecified atom stereocenters. The molecule has 0 radical (unpaired) electrons. The zero-order valence-corrected chi connectivity index (χ0v) is 23.3. The number of fused-ring (bicyclic) bond motifs is 2. The van der Waals surface area contributed by atoms with E-state index in [0.717, 1.165) is 54.1 Å². The number of urea groups is 1. The Kier molecular flexibility index (Phi) is 6.67. The number of carbonyl (C=O) groups is 1. The molecule has 1 saturated heterocycles. The maximum absolute atomic E-state index is 13.0. The highest BCUT2D eigenvalue weighted by atomic mass is 16.5. The number of ether oxygens (including phenoxy) is 1. The van der Waals surface area contributed by atoms with Gasteiger partial charge in [0.05, 0.1) is 42.7 Å². The Bertz CT molecular complexity index is 1530. The number of likely N-dealkylation sites (tertiary alicyclic amines) is 1. The number of hydrogen-bond donors (Lipinski definition) is 2. The zero-order chi connectivity index (χ0) is 27.1. The van der Waals surface area contributed by atoms with Crippen molar-refractivity contribution >= 4 is 11.6 Å². The first-order chi connectivity index (χ1) is 18.7. The quantitative estimate of drug-likeness (QED) is 0.536. The van der Waals surface area contributed by atoms with Gasteiger partial charge in [-0.05, 0) is 81.2 Å². The van der Waals surface area contributed by atoms with Crippen molar-refractivity contribution in [1.29, 1.82) is 0 Å². The second-order valence-corrected chi connectivity index (χ2v) is 11.9. The lowest BCUT2D eigenvalue weighted by Gasteiger charge is -2.42. The maximum atomic E-state index is 13.0. The van der Waals surface area contributed by atoms with Crippen molar-refractivity contribution in [3.63, 3.8) is 0 Å². The third-order valence-electron chi connectivity index (χ3n) is 7.77. The number of allylic oxidation sites excluding steroid dienone is 1. The summed E-state index contributed by atoms with van der Waals surface area (Å²) in [6.45, 7) is 7.47. The fraction of sp³-hybridized carbons (Fsp3) is 0.452. The molecule has 8 nitrogen and oxygen atoms in total. The molecule has 2 N–H and O–H groups in total. The number of aryl methyl sites for hydroxylation is 2. The fourth-order valence-corrected chi connectivity index (χ4v) is 5.93. The van der Waals surface area contributed by atoms with Crippen molar-refractivity contribution in [1.82, 2.24) is 25.0 Å². The van der Waals surface area contributed by atoms with E-state index in [2.05, 4.69) is 66.5 Å². The molecule has 39 heavy (non-hydrogen) atoms. The molecule has 2 aromatic heterocycles.